The van der Waals surface area contributed by atoms with Gasteiger partial charge in [-0.1, -0.05) is 37.3 Å². The molecule has 2 aromatic carbocycles. The fraction of sp³-hybridized carbons (Fsp3) is 0.364. The molecular formula is C22H27N3O3. The van der Waals surface area contributed by atoms with Crippen LogP contribution in [0.5, 0.6) is 0 Å². The Morgan fingerprint density at radius 2 is 1.79 bits per heavy atom. The Morgan fingerprint density at radius 1 is 1.14 bits per heavy atom. The van der Waals surface area contributed by atoms with E-state index in [-0.39, 0.29) is 5.91 Å². The Labute approximate surface area is 165 Å². The van der Waals surface area contributed by atoms with Crippen molar-refractivity contribution in [3.8, 4) is 0 Å². The maximum Gasteiger partial charge on any atom is 0.274 e. The first kappa shape index (κ1) is 19.9. The predicted molar refractivity (Wildman–Crippen MR) is 108 cm³/mol. The molecule has 6 nitrogen and oxygen atoms in total. The van der Waals surface area contributed by atoms with Gasteiger partial charge in [-0.2, -0.15) is 0 Å². The highest BCUT2D eigenvalue weighted by Gasteiger charge is 2.50. The first-order valence-corrected chi connectivity index (χ1v) is 9.54. The number of anilines is 1. The Balaban J connectivity index is 1.83. The fourth-order valence-corrected chi connectivity index (χ4v) is 3.88. The van der Waals surface area contributed by atoms with E-state index in [0.29, 0.717) is 24.9 Å². The van der Waals surface area contributed by atoms with E-state index >= 15 is 0 Å². The number of benzene rings is 2. The van der Waals surface area contributed by atoms with Crippen molar-refractivity contribution in [3.05, 3.63) is 65.7 Å². The van der Waals surface area contributed by atoms with Crippen LogP contribution in [0.25, 0.3) is 0 Å². The zero-order valence-corrected chi connectivity index (χ0v) is 16.5. The smallest absolute Gasteiger partial charge is 0.274 e. The molecule has 2 amide bonds. The molecule has 6 heteroatoms. The molecule has 1 unspecified atom stereocenters. The number of nitrogens with zero attached hydrogens (tertiary/aromatic N) is 1. The lowest BCUT2D eigenvalue weighted by atomic mass is 9.90. The van der Waals surface area contributed by atoms with E-state index in [2.05, 4.69) is 31.3 Å². The van der Waals surface area contributed by atoms with Gasteiger partial charge in [0.05, 0.1) is 5.54 Å². The highest BCUT2D eigenvalue weighted by atomic mass is 16.5. The third kappa shape index (κ3) is 3.47. The number of rotatable bonds is 6. The first-order chi connectivity index (χ1) is 13.3. The minimum atomic E-state index is -0.674. The lowest BCUT2D eigenvalue weighted by molar-refractivity contribution is -0.136. The molecule has 0 aromatic heterocycles. The Morgan fingerprint density at radius 3 is 2.36 bits per heavy atom. The van der Waals surface area contributed by atoms with Gasteiger partial charge < -0.3 is 10.2 Å². The Kier molecular flexibility index (Phi) is 5.42. The van der Waals surface area contributed by atoms with Crippen molar-refractivity contribution in [1.29, 1.82) is 0 Å². The lowest BCUT2D eigenvalue weighted by Gasteiger charge is -2.38. The monoisotopic (exact) mass is 381 g/mol. The highest BCUT2D eigenvalue weighted by Crippen LogP contribution is 2.38. The molecule has 28 heavy (non-hydrogen) atoms. The van der Waals surface area contributed by atoms with Crippen LogP contribution >= 0.6 is 0 Å². The average molecular weight is 381 g/mol. The number of nitrogens with one attached hydrogen (secondary N) is 2. The molecule has 0 saturated carbocycles. The Bertz CT molecular complexity index is 849. The average Bonchev–Trinajstić information content (AvgIpc) is 3.05. The molecule has 3 N–H and O–H groups in total. The summed E-state index contributed by atoms with van der Waals surface area (Å²) in [7, 11) is 0. The standard InChI is InChI=1S/C22H27N3O3/c1-4-22(23-18-12-10-16(11-13-18)19(26)24-28)14-15-25(20(22)27)21(2,3)17-8-6-5-7-9-17/h5-13,23,28H,4,14-15H2,1-3H3,(H,24,26). The van der Waals surface area contributed by atoms with Gasteiger partial charge >= 0.3 is 0 Å². The molecule has 1 atom stereocenters. The van der Waals surface area contributed by atoms with Crippen LogP contribution in [0.3, 0.4) is 0 Å². The topological polar surface area (TPSA) is 81.7 Å². The van der Waals surface area contributed by atoms with E-state index in [0.717, 1.165) is 11.3 Å². The van der Waals surface area contributed by atoms with Crippen LogP contribution in [-0.4, -0.2) is 34.0 Å². The maximum atomic E-state index is 13.5. The van der Waals surface area contributed by atoms with Crippen LogP contribution in [0, 0.1) is 0 Å². The molecule has 0 radical (unpaired) electrons. The van der Waals surface area contributed by atoms with Gasteiger partial charge in [0.25, 0.3) is 5.91 Å². The van der Waals surface area contributed by atoms with Gasteiger partial charge in [0.15, 0.2) is 0 Å². The zero-order valence-electron chi connectivity index (χ0n) is 16.5. The maximum absolute atomic E-state index is 13.5. The molecular weight excluding hydrogens is 354 g/mol. The van der Waals surface area contributed by atoms with Crippen molar-refractivity contribution in [2.75, 3.05) is 11.9 Å². The summed E-state index contributed by atoms with van der Waals surface area (Å²) in [6.07, 6.45) is 1.36. The quantitative estimate of drug-likeness (QED) is 0.528. The van der Waals surface area contributed by atoms with Gasteiger partial charge in [0, 0.05) is 17.8 Å². The van der Waals surface area contributed by atoms with Crippen molar-refractivity contribution in [1.82, 2.24) is 10.4 Å². The van der Waals surface area contributed by atoms with Gasteiger partial charge in [0.2, 0.25) is 5.91 Å². The number of hydrogen-bond donors (Lipinski definition) is 3. The van der Waals surface area contributed by atoms with Gasteiger partial charge in [-0.3, -0.25) is 14.8 Å². The normalized spacial score (nSPS) is 19.6. The van der Waals surface area contributed by atoms with Gasteiger partial charge in [-0.25, -0.2) is 5.48 Å². The van der Waals surface area contributed by atoms with Crippen molar-refractivity contribution in [3.63, 3.8) is 0 Å². The molecule has 1 aliphatic heterocycles. The summed E-state index contributed by atoms with van der Waals surface area (Å²) in [6.45, 7) is 6.84. The molecule has 0 spiro atoms. The predicted octanol–water partition coefficient (Wildman–Crippen LogP) is 3.53. The minimum absolute atomic E-state index is 0.0843. The third-order valence-corrected chi connectivity index (χ3v) is 5.81. The number of hydrogen-bond acceptors (Lipinski definition) is 4. The zero-order chi connectivity index (χ0) is 20.4. The van der Waals surface area contributed by atoms with Crippen molar-refractivity contribution in [2.24, 2.45) is 0 Å². The Hall–Kier alpha value is -2.86. The molecule has 1 heterocycles. The highest BCUT2D eigenvalue weighted by molar-refractivity contribution is 5.94. The number of amides is 2. The number of carbonyl (C=O) groups excluding carboxylic acids is 2. The van der Waals surface area contributed by atoms with Gasteiger partial charge in [-0.05, 0) is 56.5 Å². The molecule has 0 bridgehead atoms. The molecule has 3 rings (SSSR count). The number of likely N-dealkylation sites (tertiary alicyclic amines) is 1. The fourth-order valence-electron chi connectivity index (χ4n) is 3.88. The molecule has 1 aliphatic rings. The summed E-state index contributed by atoms with van der Waals surface area (Å²) in [4.78, 5) is 26.9. The van der Waals surface area contributed by atoms with E-state index in [1.54, 1.807) is 29.7 Å². The number of carbonyl (C=O) groups is 2. The SMILES string of the molecule is CCC1(Nc2ccc(C(=O)NO)cc2)CCN(C(C)(C)c2ccccc2)C1=O. The summed E-state index contributed by atoms with van der Waals surface area (Å²) in [5.74, 6) is -0.481. The van der Waals surface area contributed by atoms with Crippen LogP contribution in [0.2, 0.25) is 0 Å². The van der Waals surface area contributed by atoms with E-state index in [9.17, 15) is 9.59 Å². The number of hydroxylamine groups is 1. The molecule has 0 aliphatic carbocycles. The molecule has 148 valence electrons. The van der Waals surface area contributed by atoms with E-state index in [1.165, 1.54) is 0 Å². The summed E-state index contributed by atoms with van der Waals surface area (Å²) >= 11 is 0. The third-order valence-electron chi connectivity index (χ3n) is 5.81. The summed E-state index contributed by atoms with van der Waals surface area (Å²) in [5, 5.41) is 12.1. The van der Waals surface area contributed by atoms with Crippen LogP contribution in [0.1, 0.15) is 49.5 Å². The second-order valence-electron chi connectivity index (χ2n) is 7.71. The van der Waals surface area contributed by atoms with E-state index in [1.807, 2.05) is 30.0 Å². The van der Waals surface area contributed by atoms with Crippen LogP contribution in [0.4, 0.5) is 5.69 Å². The second kappa shape index (κ2) is 7.64. The van der Waals surface area contributed by atoms with Crippen LogP contribution < -0.4 is 10.8 Å². The second-order valence-corrected chi connectivity index (χ2v) is 7.71. The molecule has 2 aromatic rings. The van der Waals surface area contributed by atoms with Crippen molar-refractivity contribution >= 4 is 17.5 Å². The van der Waals surface area contributed by atoms with Crippen LogP contribution in [-0.2, 0) is 10.3 Å². The molecule has 1 fully saturated rings. The van der Waals surface area contributed by atoms with E-state index in [4.69, 9.17) is 5.21 Å². The lowest BCUT2D eigenvalue weighted by Crippen LogP contribution is -2.51. The van der Waals surface area contributed by atoms with Crippen molar-refractivity contribution in [2.45, 2.75) is 44.7 Å². The summed E-state index contributed by atoms with van der Waals surface area (Å²) in [5.41, 5.74) is 2.76. The van der Waals surface area contributed by atoms with Gasteiger partial charge in [-0.15, -0.1) is 0 Å². The minimum Gasteiger partial charge on any atom is -0.371 e. The van der Waals surface area contributed by atoms with Gasteiger partial charge in [0.1, 0.15) is 5.54 Å². The summed E-state index contributed by atoms with van der Waals surface area (Å²) in [6, 6.07) is 16.8. The first-order valence-electron chi connectivity index (χ1n) is 9.54. The summed E-state index contributed by atoms with van der Waals surface area (Å²) < 4.78 is 0. The van der Waals surface area contributed by atoms with Crippen molar-refractivity contribution < 1.29 is 14.8 Å². The van der Waals surface area contributed by atoms with Crippen LogP contribution in [0.15, 0.2) is 54.6 Å². The molecule has 1 saturated heterocycles. The van der Waals surface area contributed by atoms with E-state index < -0.39 is 17.0 Å². The largest absolute Gasteiger partial charge is 0.371 e.